The van der Waals surface area contributed by atoms with E-state index in [4.69, 9.17) is 5.73 Å². The zero-order valence-electron chi connectivity index (χ0n) is 17.2. The number of nitrogens with zero attached hydrogens (tertiary/aromatic N) is 5. The van der Waals surface area contributed by atoms with E-state index in [1.807, 2.05) is 0 Å². The lowest BCUT2D eigenvalue weighted by atomic mass is 9.93. The molecule has 2 aromatic rings. The molecule has 11 heteroatoms. The van der Waals surface area contributed by atoms with Crippen LogP contribution in [0.2, 0.25) is 0 Å². The summed E-state index contributed by atoms with van der Waals surface area (Å²) in [5, 5.41) is 12.3. The summed E-state index contributed by atoms with van der Waals surface area (Å²) >= 11 is 0. The zero-order chi connectivity index (χ0) is 22.0. The van der Waals surface area contributed by atoms with Gasteiger partial charge in [0, 0.05) is 23.2 Å². The van der Waals surface area contributed by atoms with Crippen molar-refractivity contribution in [1.82, 2.24) is 25.1 Å². The van der Waals surface area contributed by atoms with Crippen molar-refractivity contribution in [3.05, 3.63) is 29.8 Å². The molecule has 2 N–H and O–H groups in total. The molecule has 2 fully saturated rings. The number of carbonyl (C=O) groups is 2. The summed E-state index contributed by atoms with van der Waals surface area (Å²) in [6.45, 7) is -0.0978. The molecule has 1 aromatic heterocycles. The molecule has 1 saturated carbocycles. The molecule has 1 saturated heterocycles. The first-order chi connectivity index (χ1) is 14.8. The average molecular weight is 447 g/mol. The van der Waals surface area contributed by atoms with Gasteiger partial charge in [0.15, 0.2) is 9.84 Å². The van der Waals surface area contributed by atoms with Crippen LogP contribution in [0.25, 0.3) is 11.4 Å². The van der Waals surface area contributed by atoms with Crippen molar-refractivity contribution in [3.63, 3.8) is 0 Å². The second kappa shape index (κ2) is 8.74. The standard InChI is InChI=1S/C20H26N6O4S/c21-19(28)14-6-8-15(9-7-14)20-22-24-25(23-20)12-18(27)26(16-4-2-1-3-5-16)17-10-11-31(29,30)13-17/h6-9,16-17H,1-5,10-13H2,(H2,21,28)/t17-/m0/s1. The van der Waals surface area contributed by atoms with E-state index in [9.17, 15) is 18.0 Å². The molecule has 0 unspecified atom stereocenters. The van der Waals surface area contributed by atoms with Gasteiger partial charge in [-0.2, -0.15) is 4.80 Å². The number of nitrogens with two attached hydrogens (primary N) is 1. The summed E-state index contributed by atoms with van der Waals surface area (Å²) in [5.41, 5.74) is 6.28. The SMILES string of the molecule is NC(=O)c1ccc(-c2nnn(CC(=O)N(C3CCCCC3)[C@H]3CCS(=O)(=O)C3)n2)cc1. The molecule has 0 radical (unpaired) electrons. The molecule has 0 spiro atoms. The van der Waals surface area contributed by atoms with Crippen LogP contribution in [0.5, 0.6) is 0 Å². The molecular weight excluding hydrogens is 420 g/mol. The van der Waals surface area contributed by atoms with Crippen LogP contribution in [0.4, 0.5) is 0 Å². The van der Waals surface area contributed by atoms with Gasteiger partial charge in [0.25, 0.3) is 0 Å². The Hall–Kier alpha value is -2.82. The first-order valence-corrected chi connectivity index (χ1v) is 12.3. The highest BCUT2D eigenvalue weighted by molar-refractivity contribution is 7.91. The second-order valence-electron chi connectivity index (χ2n) is 8.23. The first kappa shape index (κ1) is 21.4. The Morgan fingerprint density at radius 1 is 1.06 bits per heavy atom. The van der Waals surface area contributed by atoms with Gasteiger partial charge in [0.05, 0.1) is 11.5 Å². The Morgan fingerprint density at radius 2 is 1.77 bits per heavy atom. The molecular formula is C20H26N6O4S. The van der Waals surface area contributed by atoms with E-state index in [-0.39, 0.29) is 36.0 Å². The van der Waals surface area contributed by atoms with Gasteiger partial charge in [-0.25, -0.2) is 8.42 Å². The van der Waals surface area contributed by atoms with Gasteiger partial charge in [0.2, 0.25) is 17.6 Å². The Balaban J connectivity index is 1.50. The maximum atomic E-state index is 13.2. The van der Waals surface area contributed by atoms with Crippen LogP contribution in [-0.2, 0) is 21.2 Å². The number of sulfone groups is 1. The third-order valence-electron chi connectivity index (χ3n) is 6.02. The molecule has 1 aliphatic carbocycles. The Bertz CT molecular complexity index is 1060. The van der Waals surface area contributed by atoms with Crippen molar-refractivity contribution >= 4 is 21.7 Å². The zero-order valence-corrected chi connectivity index (χ0v) is 18.0. The number of carbonyl (C=O) groups excluding carboxylic acids is 2. The molecule has 10 nitrogen and oxygen atoms in total. The molecule has 166 valence electrons. The molecule has 2 amide bonds. The largest absolute Gasteiger partial charge is 0.366 e. The summed E-state index contributed by atoms with van der Waals surface area (Å²) in [6.07, 6.45) is 5.49. The summed E-state index contributed by atoms with van der Waals surface area (Å²) in [7, 11) is -3.10. The summed E-state index contributed by atoms with van der Waals surface area (Å²) in [6, 6.07) is 6.26. The van der Waals surface area contributed by atoms with E-state index in [1.54, 1.807) is 29.2 Å². The summed E-state index contributed by atoms with van der Waals surface area (Å²) < 4.78 is 24.1. The predicted molar refractivity (Wildman–Crippen MR) is 113 cm³/mol. The van der Waals surface area contributed by atoms with Crippen LogP contribution >= 0.6 is 0 Å². The van der Waals surface area contributed by atoms with Crippen molar-refractivity contribution in [1.29, 1.82) is 0 Å². The van der Waals surface area contributed by atoms with Crippen LogP contribution < -0.4 is 5.73 Å². The lowest BCUT2D eigenvalue weighted by molar-refractivity contribution is -0.137. The fourth-order valence-corrected chi connectivity index (χ4v) is 6.18. The lowest BCUT2D eigenvalue weighted by Crippen LogP contribution is -2.50. The van der Waals surface area contributed by atoms with Gasteiger partial charge < -0.3 is 10.6 Å². The molecule has 0 bridgehead atoms. The van der Waals surface area contributed by atoms with Crippen LogP contribution in [0.1, 0.15) is 48.9 Å². The van der Waals surface area contributed by atoms with Crippen molar-refractivity contribution < 1.29 is 18.0 Å². The smallest absolute Gasteiger partial charge is 0.248 e. The van der Waals surface area contributed by atoms with Gasteiger partial charge in [0.1, 0.15) is 6.54 Å². The number of primary amides is 1. The Labute approximate surface area is 180 Å². The van der Waals surface area contributed by atoms with E-state index in [0.717, 1.165) is 32.1 Å². The molecule has 1 atom stereocenters. The van der Waals surface area contributed by atoms with E-state index in [2.05, 4.69) is 15.4 Å². The maximum absolute atomic E-state index is 13.2. The number of amides is 2. The number of rotatable bonds is 6. The van der Waals surface area contributed by atoms with Crippen molar-refractivity contribution in [2.75, 3.05) is 11.5 Å². The number of hydrogen-bond acceptors (Lipinski definition) is 7. The summed E-state index contributed by atoms with van der Waals surface area (Å²) in [5.74, 6) is -0.220. The highest BCUT2D eigenvalue weighted by Crippen LogP contribution is 2.28. The third-order valence-corrected chi connectivity index (χ3v) is 7.77. The topological polar surface area (TPSA) is 141 Å². The van der Waals surface area contributed by atoms with E-state index >= 15 is 0 Å². The third kappa shape index (κ3) is 4.92. The first-order valence-electron chi connectivity index (χ1n) is 10.5. The quantitative estimate of drug-likeness (QED) is 0.691. The van der Waals surface area contributed by atoms with Gasteiger partial charge in [-0.1, -0.05) is 31.4 Å². The average Bonchev–Trinajstić information content (AvgIpc) is 3.35. The van der Waals surface area contributed by atoms with Crippen LogP contribution in [0.15, 0.2) is 24.3 Å². The Kier molecular flexibility index (Phi) is 6.03. The van der Waals surface area contributed by atoms with Crippen LogP contribution in [0, 0.1) is 0 Å². The van der Waals surface area contributed by atoms with Gasteiger partial charge in [-0.15, -0.1) is 10.2 Å². The minimum atomic E-state index is -3.10. The van der Waals surface area contributed by atoms with E-state index in [1.165, 1.54) is 4.80 Å². The summed E-state index contributed by atoms with van der Waals surface area (Å²) in [4.78, 5) is 27.5. The van der Waals surface area contributed by atoms with Crippen LogP contribution in [-0.4, -0.2) is 68.9 Å². The van der Waals surface area contributed by atoms with Crippen molar-refractivity contribution in [3.8, 4) is 11.4 Å². The van der Waals surface area contributed by atoms with E-state index < -0.39 is 15.7 Å². The maximum Gasteiger partial charge on any atom is 0.248 e. The lowest BCUT2D eigenvalue weighted by Gasteiger charge is -2.38. The van der Waals surface area contributed by atoms with Crippen molar-refractivity contribution in [2.24, 2.45) is 5.73 Å². The fraction of sp³-hybridized carbons (Fsp3) is 0.550. The monoisotopic (exact) mass is 446 g/mol. The molecule has 31 heavy (non-hydrogen) atoms. The second-order valence-corrected chi connectivity index (χ2v) is 10.5. The minimum absolute atomic E-state index is 0.0253. The van der Waals surface area contributed by atoms with Gasteiger partial charge in [-0.05, 0) is 36.6 Å². The predicted octanol–water partition coefficient (Wildman–Crippen LogP) is 0.787. The molecule has 2 aliphatic rings. The van der Waals surface area contributed by atoms with Gasteiger partial charge >= 0.3 is 0 Å². The minimum Gasteiger partial charge on any atom is -0.366 e. The Morgan fingerprint density at radius 3 is 2.39 bits per heavy atom. The fourth-order valence-electron chi connectivity index (χ4n) is 4.47. The van der Waals surface area contributed by atoms with E-state index in [0.29, 0.717) is 23.4 Å². The number of benzene rings is 1. The normalized spacial score (nSPS) is 21.1. The number of aromatic nitrogens is 4. The van der Waals surface area contributed by atoms with Gasteiger partial charge in [-0.3, -0.25) is 9.59 Å². The molecule has 4 rings (SSSR count). The molecule has 1 aliphatic heterocycles. The van der Waals surface area contributed by atoms with Crippen molar-refractivity contribution in [2.45, 2.75) is 57.2 Å². The number of hydrogen-bond donors (Lipinski definition) is 1. The molecule has 2 heterocycles. The highest BCUT2D eigenvalue weighted by atomic mass is 32.2. The van der Waals surface area contributed by atoms with Crippen LogP contribution in [0.3, 0.4) is 0 Å². The number of tetrazole rings is 1. The highest BCUT2D eigenvalue weighted by Gasteiger charge is 2.38. The molecule has 1 aromatic carbocycles.